The molecule has 1 N–H and O–H groups in total. The molecule has 1 atom stereocenters. The van der Waals surface area contributed by atoms with Gasteiger partial charge in [0.2, 0.25) is 0 Å². The number of hydrogen-bond acceptors (Lipinski definition) is 2. The van der Waals surface area contributed by atoms with E-state index in [0.29, 0.717) is 6.61 Å². The summed E-state index contributed by atoms with van der Waals surface area (Å²) >= 11 is 5.68. The summed E-state index contributed by atoms with van der Waals surface area (Å²) in [4.78, 5) is 0. The number of ether oxygens (including phenoxy) is 1. The highest BCUT2D eigenvalue weighted by Crippen LogP contribution is 2.28. The van der Waals surface area contributed by atoms with Gasteiger partial charge in [-0.1, -0.05) is 24.6 Å². The minimum atomic E-state index is -0.398. The van der Waals surface area contributed by atoms with Gasteiger partial charge in [-0.3, -0.25) is 0 Å². The molecule has 1 heterocycles. The summed E-state index contributed by atoms with van der Waals surface area (Å²) in [7, 11) is 0. The van der Waals surface area contributed by atoms with Gasteiger partial charge in [0.15, 0.2) is 0 Å². The van der Waals surface area contributed by atoms with Crippen molar-refractivity contribution in [2.24, 2.45) is 0 Å². The zero-order valence-corrected chi connectivity index (χ0v) is 10.4. The second kappa shape index (κ2) is 5.52. The Morgan fingerprint density at radius 3 is 2.94 bits per heavy atom. The fourth-order valence-electron chi connectivity index (χ4n) is 1.92. The molecule has 0 saturated carbocycles. The van der Waals surface area contributed by atoms with E-state index in [9.17, 15) is 4.39 Å². The molecule has 0 radical (unpaired) electrons. The minimum absolute atomic E-state index is 0.0886. The van der Waals surface area contributed by atoms with E-state index in [1.807, 2.05) is 19.1 Å². The van der Waals surface area contributed by atoms with Crippen molar-refractivity contribution in [1.82, 2.24) is 5.32 Å². The van der Waals surface area contributed by atoms with Gasteiger partial charge in [-0.15, -0.1) is 0 Å². The lowest BCUT2D eigenvalue weighted by atomic mass is 10.0. The Labute approximate surface area is 105 Å². The van der Waals surface area contributed by atoms with Gasteiger partial charge >= 0.3 is 0 Å². The third-order valence-electron chi connectivity index (χ3n) is 2.70. The molecule has 0 fully saturated rings. The molecule has 2 nitrogen and oxygen atoms in total. The lowest BCUT2D eigenvalue weighted by Crippen LogP contribution is -2.23. The summed E-state index contributed by atoms with van der Waals surface area (Å²) in [5.74, 6) is 0.472. The van der Waals surface area contributed by atoms with Crippen molar-refractivity contribution < 1.29 is 9.13 Å². The van der Waals surface area contributed by atoms with Crippen molar-refractivity contribution in [3.63, 3.8) is 0 Å². The maximum absolute atomic E-state index is 13.4. The molecular weight excluding hydrogens is 241 g/mol. The minimum Gasteiger partial charge on any atom is -0.496 e. The quantitative estimate of drug-likeness (QED) is 0.890. The van der Waals surface area contributed by atoms with Gasteiger partial charge in [-0.25, -0.2) is 4.39 Å². The van der Waals surface area contributed by atoms with Crippen molar-refractivity contribution in [3.8, 4) is 0 Å². The van der Waals surface area contributed by atoms with Crippen molar-refractivity contribution in [2.45, 2.75) is 19.4 Å². The normalized spacial score (nSPS) is 16.5. The van der Waals surface area contributed by atoms with Crippen molar-refractivity contribution >= 4 is 11.6 Å². The first kappa shape index (κ1) is 12.4. The monoisotopic (exact) mass is 255 g/mol. The highest BCUT2D eigenvalue weighted by molar-refractivity contribution is 6.30. The molecule has 0 aliphatic carbocycles. The predicted molar refractivity (Wildman–Crippen MR) is 66.5 cm³/mol. The lowest BCUT2D eigenvalue weighted by molar-refractivity contribution is 0.216. The van der Waals surface area contributed by atoms with Crippen LogP contribution < -0.4 is 5.32 Å². The van der Waals surface area contributed by atoms with Gasteiger partial charge in [-0.2, -0.15) is 0 Å². The third-order valence-corrected chi connectivity index (χ3v) is 3.01. The van der Waals surface area contributed by atoms with Gasteiger partial charge in [0.25, 0.3) is 0 Å². The van der Waals surface area contributed by atoms with E-state index in [1.54, 1.807) is 6.07 Å². The molecule has 1 unspecified atom stereocenters. The molecular formula is C13H15ClFNO. The summed E-state index contributed by atoms with van der Waals surface area (Å²) in [5, 5.41) is 3.43. The Morgan fingerprint density at radius 2 is 2.35 bits per heavy atom. The molecule has 0 spiro atoms. The Bertz CT molecular complexity index is 433. The average molecular weight is 256 g/mol. The Hall–Kier alpha value is -1.06. The first-order valence-corrected chi connectivity index (χ1v) is 6.11. The molecule has 1 aromatic rings. The number of rotatable bonds is 4. The number of halogens is 2. The topological polar surface area (TPSA) is 21.3 Å². The molecule has 1 aromatic carbocycles. The van der Waals surface area contributed by atoms with E-state index >= 15 is 0 Å². The third kappa shape index (κ3) is 2.79. The van der Waals surface area contributed by atoms with Crippen LogP contribution in [0.3, 0.4) is 0 Å². The Morgan fingerprint density at radius 1 is 1.53 bits per heavy atom. The van der Waals surface area contributed by atoms with E-state index in [1.165, 1.54) is 6.07 Å². The fraction of sp³-hybridized carbons (Fsp3) is 0.385. The maximum Gasteiger partial charge on any atom is 0.142 e. The van der Waals surface area contributed by atoms with Crippen LogP contribution in [-0.2, 0) is 4.74 Å². The molecule has 17 heavy (non-hydrogen) atoms. The number of nitrogens with one attached hydrogen (secondary N) is 1. The summed E-state index contributed by atoms with van der Waals surface area (Å²) < 4.78 is 19.0. The molecule has 0 amide bonds. The van der Waals surface area contributed by atoms with Crippen LogP contribution in [0.2, 0.25) is 5.02 Å². The van der Waals surface area contributed by atoms with Gasteiger partial charge in [0.05, 0.1) is 17.7 Å². The van der Waals surface area contributed by atoms with E-state index in [4.69, 9.17) is 16.3 Å². The van der Waals surface area contributed by atoms with E-state index in [-0.39, 0.29) is 11.1 Å². The predicted octanol–water partition coefficient (Wildman–Crippen LogP) is 3.43. The average Bonchev–Trinajstić information content (AvgIpc) is 2.83. The molecule has 0 saturated heterocycles. The van der Waals surface area contributed by atoms with Gasteiger partial charge in [0.1, 0.15) is 11.6 Å². The smallest absolute Gasteiger partial charge is 0.142 e. The number of benzene rings is 1. The van der Waals surface area contributed by atoms with Crippen molar-refractivity contribution in [3.05, 3.63) is 46.4 Å². The van der Waals surface area contributed by atoms with Gasteiger partial charge < -0.3 is 10.1 Å². The first-order chi connectivity index (χ1) is 8.22. The summed E-state index contributed by atoms with van der Waals surface area (Å²) in [6.45, 7) is 3.50. The van der Waals surface area contributed by atoms with Crippen LogP contribution in [0.5, 0.6) is 0 Å². The van der Waals surface area contributed by atoms with Crippen LogP contribution in [-0.4, -0.2) is 13.2 Å². The fourth-order valence-corrected chi connectivity index (χ4v) is 2.03. The highest BCUT2D eigenvalue weighted by Gasteiger charge is 2.20. The van der Waals surface area contributed by atoms with Gasteiger partial charge in [-0.05, 0) is 30.3 Å². The number of likely N-dealkylation sites (N-methyl/N-ethyl adjacent to an activating group) is 1. The summed E-state index contributed by atoms with van der Waals surface area (Å²) in [6.07, 6.45) is 2.95. The molecule has 1 aliphatic rings. The number of hydrogen-bond donors (Lipinski definition) is 1. The van der Waals surface area contributed by atoms with Crippen LogP contribution in [0.15, 0.2) is 30.0 Å². The summed E-state index contributed by atoms with van der Waals surface area (Å²) in [6, 6.07) is 4.76. The zero-order chi connectivity index (χ0) is 12.3. The second-order valence-corrected chi connectivity index (χ2v) is 4.32. The summed E-state index contributed by atoms with van der Waals surface area (Å²) in [5.41, 5.74) is 0.835. The molecule has 1 aliphatic heterocycles. The molecule has 0 aromatic heterocycles. The van der Waals surface area contributed by atoms with Crippen LogP contribution in [0.1, 0.15) is 24.9 Å². The largest absolute Gasteiger partial charge is 0.496 e. The van der Waals surface area contributed by atoms with E-state index in [0.717, 1.165) is 24.3 Å². The SMILES string of the molecule is CCNC(C1=CCCO1)c1ccc(Cl)c(F)c1. The van der Waals surface area contributed by atoms with Crippen LogP contribution in [0.25, 0.3) is 0 Å². The molecule has 0 bridgehead atoms. The van der Waals surface area contributed by atoms with Crippen LogP contribution in [0, 0.1) is 5.82 Å². The standard InChI is InChI=1S/C13H15ClFNO/c1-2-16-13(12-4-3-7-17-12)9-5-6-10(14)11(15)8-9/h4-6,8,13,16H,2-3,7H2,1H3. The van der Waals surface area contributed by atoms with Crippen LogP contribution >= 0.6 is 11.6 Å². The molecule has 4 heteroatoms. The second-order valence-electron chi connectivity index (χ2n) is 3.91. The first-order valence-electron chi connectivity index (χ1n) is 5.73. The highest BCUT2D eigenvalue weighted by atomic mass is 35.5. The van der Waals surface area contributed by atoms with Crippen molar-refractivity contribution in [1.29, 1.82) is 0 Å². The maximum atomic E-state index is 13.4. The molecule has 2 rings (SSSR count). The Balaban J connectivity index is 2.28. The van der Waals surface area contributed by atoms with Crippen molar-refractivity contribution in [2.75, 3.05) is 13.2 Å². The lowest BCUT2D eigenvalue weighted by Gasteiger charge is -2.19. The zero-order valence-electron chi connectivity index (χ0n) is 9.67. The van der Waals surface area contributed by atoms with E-state index < -0.39 is 5.82 Å². The van der Waals surface area contributed by atoms with E-state index in [2.05, 4.69) is 5.32 Å². The van der Waals surface area contributed by atoms with Crippen LogP contribution in [0.4, 0.5) is 4.39 Å². The molecule has 92 valence electrons. The Kier molecular flexibility index (Phi) is 4.02. The van der Waals surface area contributed by atoms with Gasteiger partial charge in [0, 0.05) is 6.42 Å².